The molecule has 82 valence electrons. The van der Waals surface area contributed by atoms with Crippen LogP contribution in [0.15, 0.2) is 36.5 Å². The van der Waals surface area contributed by atoms with E-state index >= 15 is 0 Å². The molecule has 0 aliphatic rings. The molecule has 3 heteroatoms. The Hall–Kier alpha value is -1.90. The number of nitrogens with zero attached hydrogens (tertiary/aromatic N) is 2. The average molecular weight is 214 g/mol. The molecule has 0 bridgehead atoms. The topological polar surface area (TPSA) is 34.9 Å². The van der Waals surface area contributed by atoms with Crippen molar-refractivity contribution in [2.24, 2.45) is 0 Å². The second kappa shape index (κ2) is 4.31. The lowest BCUT2D eigenvalue weighted by atomic mass is 10.2. The maximum atomic E-state index is 11.2. The van der Waals surface area contributed by atoms with Gasteiger partial charge < -0.3 is 4.57 Å². The lowest BCUT2D eigenvalue weighted by Gasteiger charge is -2.03. The van der Waals surface area contributed by atoms with Gasteiger partial charge in [0.2, 0.25) is 0 Å². The standard InChI is InChI=1S/C13H14N2O/c1-10(16)13-9-15(11(2)14-13)8-12-6-4-3-5-7-12/h3-7,9H,8H2,1-2H3. The van der Waals surface area contributed by atoms with Crippen LogP contribution in [0.5, 0.6) is 0 Å². The molecular formula is C13H14N2O. The van der Waals surface area contributed by atoms with E-state index in [0.29, 0.717) is 5.69 Å². The smallest absolute Gasteiger partial charge is 0.179 e. The van der Waals surface area contributed by atoms with Gasteiger partial charge in [-0.2, -0.15) is 0 Å². The largest absolute Gasteiger partial charge is 0.330 e. The second-order valence-corrected chi connectivity index (χ2v) is 3.84. The minimum absolute atomic E-state index is 0.00918. The van der Waals surface area contributed by atoms with Crippen LogP contribution >= 0.6 is 0 Å². The first-order valence-electron chi connectivity index (χ1n) is 5.25. The zero-order valence-corrected chi connectivity index (χ0v) is 9.47. The Balaban J connectivity index is 2.25. The fourth-order valence-electron chi connectivity index (χ4n) is 1.62. The molecule has 16 heavy (non-hydrogen) atoms. The van der Waals surface area contributed by atoms with Crippen LogP contribution in [-0.2, 0) is 6.54 Å². The van der Waals surface area contributed by atoms with Gasteiger partial charge in [-0.1, -0.05) is 30.3 Å². The van der Waals surface area contributed by atoms with Gasteiger partial charge in [0.05, 0.1) is 0 Å². The second-order valence-electron chi connectivity index (χ2n) is 3.84. The minimum atomic E-state index is 0.00918. The van der Waals surface area contributed by atoms with Gasteiger partial charge in [0.25, 0.3) is 0 Å². The highest BCUT2D eigenvalue weighted by molar-refractivity contribution is 5.91. The van der Waals surface area contributed by atoms with Gasteiger partial charge in [-0.05, 0) is 12.5 Å². The first-order valence-corrected chi connectivity index (χ1v) is 5.25. The van der Waals surface area contributed by atoms with E-state index in [1.807, 2.05) is 35.9 Å². The first kappa shape index (κ1) is 10.6. The van der Waals surface area contributed by atoms with E-state index in [1.54, 1.807) is 0 Å². The van der Waals surface area contributed by atoms with E-state index in [1.165, 1.54) is 12.5 Å². The summed E-state index contributed by atoms with van der Waals surface area (Å²) in [5.41, 5.74) is 1.74. The maximum absolute atomic E-state index is 11.2. The summed E-state index contributed by atoms with van der Waals surface area (Å²) in [4.78, 5) is 15.4. The normalized spacial score (nSPS) is 10.4. The third-order valence-electron chi connectivity index (χ3n) is 2.53. The summed E-state index contributed by atoms with van der Waals surface area (Å²) in [6, 6.07) is 10.1. The van der Waals surface area contributed by atoms with E-state index in [4.69, 9.17) is 0 Å². The van der Waals surface area contributed by atoms with Gasteiger partial charge in [-0.3, -0.25) is 4.79 Å². The number of carbonyl (C=O) groups is 1. The van der Waals surface area contributed by atoms with Crippen LogP contribution in [-0.4, -0.2) is 15.3 Å². The molecule has 0 N–H and O–H groups in total. The molecule has 1 heterocycles. The number of rotatable bonds is 3. The highest BCUT2D eigenvalue weighted by Gasteiger charge is 2.07. The van der Waals surface area contributed by atoms with Crippen LogP contribution in [0.4, 0.5) is 0 Å². The highest BCUT2D eigenvalue weighted by atomic mass is 16.1. The fraction of sp³-hybridized carbons (Fsp3) is 0.231. The number of carbonyl (C=O) groups excluding carboxylic acids is 1. The van der Waals surface area contributed by atoms with Crippen molar-refractivity contribution < 1.29 is 4.79 Å². The number of aryl methyl sites for hydroxylation is 1. The van der Waals surface area contributed by atoms with Crippen LogP contribution in [0.2, 0.25) is 0 Å². The SMILES string of the molecule is CC(=O)c1cn(Cc2ccccc2)c(C)n1. The summed E-state index contributed by atoms with van der Waals surface area (Å²) in [6.07, 6.45) is 1.81. The molecule has 1 aromatic carbocycles. The van der Waals surface area contributed by atoms with Crippen molar-refractivity contribution in [2.75, 3.05) is 0 Å². The molecule has 0 aliphatic carbocycles. The number of hydrogen-bond donors (Lipinski definition) is 0. The third-order valence-corrected chi connectivity index (χ3v) is 2.53. The Morgan fingerprint density at radius 3 is 2.56 bits per heavy atom. The van der Waals surface area contributed by atoms with Crippen LogP contribution in [0.25, 0.3) is 0 Å². The van der Waals surface area contributed by atoms with Crippen LogP contribution in [0.3, 0.4) is 0 Å². The monoisotopic (exact) mass is 214 g/mol. The van der Waals surface area contributed by atoms with Crippen molar-refractivity contribution in [3.8, 4) is 0 Å². The van der Waals surface area contributed by atoms with Crippen LogP contribution in [0.1, 0.15) is 28.8 Å². The number of imidazole rings is 1. The van der Waals surface area contributed by atoms with Gasteiger partial charge in [-0.15, -0.1) is 0 Å². The number of aromatic nitrogens is 2. The summed E-state index contributed by atoms with van der Waals surface area (Å²) < 4.78 is 1.99. The predicted octanol–water partition coefficient (Wildman–Crippen LogP) is 2.44. The lowest BCUT2D eigenvalue weighted by molar-refractivity contribution is 0.101. The molecule has 2 aromatic rings. The molecule has 0 spiro atoms. The van der Waals surface area contributed by atoms with Crippen molar-refractivity contribution in [2.45, 2.75) is 20.4 Å². The number of ketones is 1. The Kier molecular flexibility index (Phi) is 2.86. The molecule has 1 aromatic heterocycles. The molecule has 0 saturated heterocycles. The van der Waals surface area contributed by atoms with Gasteiger partial charge >= 0.3 is 0 Å². The Morgan fingerprint density at radius 1 is 1.31 bits per heavy atom. The summed E-state index contributed by atoms with van der Waals surface area (Å²) in [7, 11) is 0. The van der Waals surface area contributed by atoms with E-state index in [-0.39, 0.29) is 5.78 Å². The maximum Gasteiger partial charge on any atom is 0.179 e. The van der Waals surface area contributed by atoms with Crippen molar-refractivity contribution in [1.82, 2.24) is 9.55 Å². The van der Waals surface area contributed by atoms with E-state index < -0.39 is 0 Å². The van der Waals surface area contributed by atoms with E-state index in [9.17, 15) is 4.79 Å². The van der Waals surface area contributed by atoms with Crippen LogP contribution in [0, 0.1) is 6.92 Å². The minimum Gasteiger partial charge on any atom is -0.330 e. The molecular weight excluding hydrogens is 200 g/mol. The van der Waals surface area contributed by atoms with Crippen LogP contribution < -0.4 is 0 Å². The first-order chi connectivity index (χ1) is 7.66. The van der Waals surface area contributed by atoms with Gasteiger partial charge in [0, 0.05) is 19.7 Å². The summed E-state index contributed by atoms with van der Waals surface area (Å²) >= 11 is 0. The average Bonchev–Trinajstić information content (AvgIpc) is 2.62. The molecule has 0 saturated carbocycles. The molecule has 0 unspecified atom stereocenters. The molecule has 2 rings (SSSR count). The predicted molar refractivity (Wildman–Crippen MR) is 62.5 cm³/mol. The molecule has 0 fully saturated rings. The quantitative estimate of drug-likeness (QED) is 0.735. The third kappa shape index (κ3) is 2.19. The molecule has 0 atom stereocenters. The van der Waals surface area contributed by atoms with Crippen molar-refractivity contribution in [3.63, 3.8) is 0 Å². The molecule has 3 nitrogen and oxygen atoms in total. The van der Waals surface area contributed by atoms with Crippen molar-refractivity contribution in [1.29, 1.82) is 0 Å². The zero-order valence-electron chi connectivity index (χ0n) is 9.47. The summed E-state index contributed by atoms with van der Waals surface area (Å²) in [5, 5.41) is 0. The van der Waals surface area contributed by atoms with E-state index in [2.05, 4.69) is 17.1 Å². The zero-order chi connectivity index (χ0) is 11.5. The Morgan fingerprint density at radius 2 is 2.00 bits per heavy atom. The van der Waals surface area contributed by atoms with Crippen molar-refractivity contribution in [3.05, 3.63) is 53.6 Å². The summed E-state index contributed by atoms with van der Waals surface area (Å²) in [6.45, 7) is 4.21. The number of benzene rings is 1. The number of hydrogen-bond acceptors (Lipinski definition) is 2. The highest BCUT2D eigenvalue weighted by Crippen LogP contribution is 2.07. The van der Waals surface area contributed by atoms with Gasteiger partial charge in [0.15, 0.2) is 5.78 Å². The lowest BCUT2D eigenvalue weighted by Crippen LogP contribution is -2.00. The Bertz CT molecular complexity index is 500. The molecule has 0 radical (unpaired) electrons. The fourth-order valence-corrected chi connectivity index (χ4v) is 1.62. The molecule has 0 aliphatic heterocycles. The van der Waals surface area contributed by atoms with Gasteiger partial charge in [-0.25, -0.2) is 4.98 Å². The molecule has 0 amide bonds. The Labute approximate surface area is 94.7 Å². The van der Waals surface area contributed by atoms with Gasteiger partial charge in [0.1, 0.15) is 11.5 Å². The summed E-state index contributed by atoms with van der Waals surface area (Å²) in [5.74, 6) is 0.879. The van der Waals surface area contributed by atoms with Crippen molar-refractivity contribution >= 4 is 5.78 Å². The van der Waals surface area contributed by atoms with E-state index in [0.717, 1.165) is 12.4 Å². The number of Topliss-reactive ketones (excluding diaryl/α,β-unsaturated/α-hetero) is 1.